The molecule has 6 heteroatoms. The van der Waals surface area contributed by atoms with Crippen molar-refractivity contribution in [2.75, 3.05) is 13.2 Å². The van der Waals surface area contributed by atoms with E-state index in [1.807, 2.05) is 0 Å². The highest BCUT2D eigenvalue weighted by molar-refractivity contribution is 5.71. The fourth-order valence-corrected chi connectivity index (χ4v) is 6.91. The van der Waals surface area contributed by atoms with Crippen LogP contribution in [0.5, 0.6) is 0 Å². The molecule has 0 aromatic rings. The Labute approximate surface area is 382 Å². The molecule has 0 saturated heterocycles. The van der Waals surface area contributed by atoms with Crippen LogP contribution in [0.2, 0.25) is 0 Å². The van der Waals surface area contributed by atoms with Crippen molar-refractivity contribution in [1.82, 2.24) is 0 Å². The predicted octanol–water partition coefficient (Wildman–Crippen LogP) is 16.8. The maximum atomic E-state index is 12.8. The van der Waals surface area contributed by atoms with Gasteiger partial charge in [0, 0.05) is 19.3 Å². The highest BCUT2D eigenvalue weighted by atomic mass is 16.6. The van der Waals surface area contributed by atoms with Gasteiger partial charge in [-0.25, -0.2) is 0 Å². The van der Waals surface area contributed by atoms with Gasteiger partial charge < -0.3 is 14.2 Å². The molecule has 6 nitrogen and oxygen atoms in total. The molecule has 0 rings (SSSR count). The second-order valence-corrected chi connectivity index (χ2v) is 16.8. The van der Waals surface area contributed by atoms with Crippen molar-refractivity contribution >= 4 is 17.9 Å². The summed E-state index contributed by atoms with van der Waals surface area (Å²) < 4.78 is 16.7. The van der Waals surface area contributed by atoms with E-state index in [9.17, 15) is 14.4 Å². The van der Waals surface area contributed by atoms with E-state index in [-0.39, 0.29) is 31.1 Å². The number of rotatable bonds is 45. The Balaban J connectivity index is 4.42. The summed E-state index contributed by atoms with van der Waals surface area (Å²) in [5, 5.41) is 0. The molecule has 0 bridgehead atoms. The first-order valence-electron chi connectivity index (χ1n) is 25.7. The van der Waals surface area contributed by atoms with Crippen LogP contribution in [0.25, 0.3) is 0 Å². The molecule has 0 amide bonds. The van der Waals surface area contributed by atoms with Gasteiger partial charge in [0.1, 0.15) is 13.2 Å². The van der Waals surface area contributed by atoms with E-state index in [1.54, 1.807) is 0 Å². The molecule has 0 radical (unpaired) electrons. The molecule has 0 aromatic heterocycles. The first kappa shape index (κ1) is 58.6. The molecule has 0 N–H and O–H groups in total. The summed E-state index contributed by atoms with van der Waals surface area (Å²) in [6.07, 6.45) is 64.3. The highest BCUT2D eigenvalue weighted by Gasteiger charge is 2.19. The van der Waals surface area contributed by atoms with E-state index < -0.39 is 6.10 Å². The smallest absolute Gasteiger partial charge is 0.306 e. The topological polar surface area (TPSA) is 78.9 Å². The van der Waals surface area contributed by atoms with E-state index in [1.165, 1.54) is 77.0 Å². The Morgan fingerprint density at radius 2 is 0.645 bits per heavy atom. The van der Waals surface area contributed by atoms with E-state index in [2.05, 4.69) is 106 Å². The third-order valence-corrected chi connectivity index (χ3v) is 10.7. The maximum Gasteiger partial charge on any atom is 0.306 e. The normalized spacial score (nSPS) is 12.8. The van der Waals surface area contributed by atoms with Crippen LogP contribution < -0.4 is 0 Å². The minimum Gasteiger partial charge on any atom is -0.462 e. The lowest BCUT2D eigenvalue weighted by Gasteiger charge is -2.18. The molecule has 354 valence electrons. The van der Waals surface area contributed by atoms with Gasteiger partial charge in [0.15, 0.2) is 6.10 Å². The lowest BCUT2D eigenvalue weighted by molar-refractivity contribution is -0.167. The van der Waals surface area contributed by atoms with E-state index in [0.29, 0.717) is 19.3 Å². The van der Waals surface area contributed by atoms with Crippen LogP contribution in [0.15, 0.2) is 85.1 Å². The van der Waals surface area contributed by atoms with Crippen molar-refractivity contribution in [1.29, 1.82) is 0 Å². The van der Waals surface area contributed by atoms with Crippen molar-refractivity contribution in [2.24, 2.45) is 0 Å². The number of carbonyl (C=O) groups is 3. The Hall–Kier alpha value is -3.41. The van der Waals surface area contributed by atoms with Crippen LogP contribution in [0, 0.1) is 0 Å². The lowest BCUT2D eigenvalue weighted by Crippen LogP contribution is -2.30. The standard InChI is InChI=1S/C56H94O6/c1-4-7-10-13-16-19-22-25-26-27-28-29-32-34-37-40-43-46-49-55(58)61-52-53(62-56(59)50-47-44-41-38-35-31-24-21-18-15-12-9-6-3)51-60-54(57)48-45-42-39-36-33-30-23-20-17-14-11-8-5-2/h8-9,11-12,14-15,17-18,20-21,23-24,28-29,53H,4-7,10,13,16,19,22,25-27,30-52H2,1-3H3/b11-8-,12-9-,17-14-,18-15-,23-20-,24-21-,29-28-. The van der Waals surface area contributed by atoms with Crippen LogP contribution in [-0.4, -0.2) is 37.2 Å². The molecule has 1 unspecified atom stereocenters. The molecule has 0 aliphatic carbocycles. The zero-order chi connectivity index (χ0) is 45.1. The fraction of sp³-hybridized carbons (Fsp3) is 0.696. The Bertz CT molecular complexity index is 1220. The van der Waals surface area contributed by atoms with Gasteiger partial charge >= 0.3 is 17.9 Å². The van der Waals surface area contributed by atoms with Gasteiger partial charge in [-0.05, 0) is 83.5 Å². The number of esters is 3. The van der Waals surface area contributed by atoms with Crippen molar-refractivity contribution in [3.05, 3.63) is 85.1 Å². The van der Waals surface area contributed by atoms with E-state index in [4.69, 9.17) is 14.2 Å². The highest BCUT2D eigenvalue weighted by Crippen LogP contribution is 2.14. The van der Waals surface area contributed by atoms with Gasteiger partial charge in [-0.3, -0.25) is 14.4 Å². The minimum atomic E-state index is -0.798. The van der Waals surface area contributed by atoms with Crippen LogP contribution in [0.4, 0.5) is 0 Å². The molecule has 0 saturated carbocycles. The van der Waals surface area contributed by atoms with Crippen LogP contribution in [0.1, 0.15) is 233 Å². The van der Waals surface area contributed by atoms with Gasteiger partial charge in [-0.15, -0.1) is 0 Å². The summed E-state index contributed by atoms with van der Waals surface area (Å²) in [6.45, 7) is 6.33. The molecule has 0 fully saturated rings. The lowest BCUT2D eigenvalue weighted by atomic mass is 10.1. The number of hydrogen-bond acceptors (Lipinski definition) is 6. The number of ether oxygens (including phenoxy) is 3. The van der Waals surface area contributed by atoms with Gasteiger partial charge in [-0.1, -0.05) is 215 Å². The summed E-state index contributed by atoms with van der Waals surface area (Å²) in [5.74, 6) is -0.948. The van der Waals surface area contributed by atoms with Crippen molar-refractivity contribution < 1.29 is 28.6 Å². The SMILES string of the molecule is CC\C=C/C=C\C=C/CCCCCCCC(=O)OCC(COC(=O)CCCCCCC/C=C\CCCCCCCCCCC)OC(=O)CCCCCCC\C=C/C=C\C=C/CC. The second-order valence-electron chi connectivity index (χ2n) is 16.8. The Kier molecular flexibility index (Phi) is 47.5. The van der Waals surface area contributed by atoms with Crippen molar-refractivity contribution in [2.45, 2.75) is 239 Å². The molecule has 1 atom stereocenters. The van der Waals surface area contributed by atoms with Crippen molar-refractivity contribution in [3.8, 4) is 0 Å². The maximum absolute atomic E-state index is 12.8. The molecule has 0 aliphatic rings. The third-order valence-electron chi connectivity index (χ3n) is 10.7. The molecular formula is C56H94O6. The molecular weight excluding hydrogens is 769 g/mol. The minimum absolute atomic E-state index is 0.0967. The van der Waals surface area contributed by atoms with Gasteiger partial charge in [0.2, 0.25) is 0 Å². The van der Waals surface area contributed by atoms with Crippen LogP contribution >= 0.6 is 0 Å². The van der Waals surface area contributed by atoms with Crippen LogP contribution in [-0.2, 0) is 28.6 Å². The predicted molar refractivity (Wildman–Crippen MR) is 265 cm³/mol. The summed E-state index contributed by atoms with van der Waals surface area (Å²) >= 11 is 0. The fourth-order valence-electron chi connectivity index (χ4n) is 6.91. The summed E-state index contributed by atoms with van der Waals surface area (Å²) in [6, 6.07) is 0. The molecule has 0 spiro atoms. The second kappa shape index (κ2) is 50.2. The molecule has 0 heterocycles. The van der Waals surface area contributed by atoms with Gasteiger partial charge in [-0.2, -0.15) is 0 Å². The average molecular weight is 863 g/mol. The molecule has 62 heavy (non-hydrogen) atoms. The Morgan fingerprint density at radius 1 is 0.339 bits per heavy atom. The number of allylic oxidation sites excluding steroid dienone is 14. The largest absolute Gasteiger partial charge is 0.462 e. The Morgan fingerprint density at radius 3 is 1.02 bits per heavy atom. The summed E-state index contributed by atoms with van der Waals surface area (Å²) in [5.41, 5.74) is 0. The average Bonchev–Trinajstić information content (AvgIpc) is 3.27. The van der Waals surface area contributed by atoms with E-state index in [0.717, 1.165) is 116 Å². The number of carbonyl (C=O) groups excluding carboxylic acids is 3. The molecule has 0 aromatic carbocycles. The summed E-state index contributed by atoms with van der Waals surface area (Å²) in [7, 11) is 0. The third kappa shape index (κ3) is 47.6. The number of unbranched alkanes of at least 4 members (excludes halogenated alkanes) is 24. The van der Waals surface area contributed by atoms with Gasteiger partial charge in [0.25, 0.3) is 0 Å². The van der Waals surface area contributed by atoms with E-state index >= 15 is 0 Å². The zero-order valence-electron chi connectivity index (χ0n) is 40.4. The summed E-state index contributed by atoms with van der Waals surface area (Å²) in [4.78, 5) is 37.9. The quantitative estimate of drug-likeness (QED) is 0.0199. The first-order valence-corrected chi connectivity index (χ1v) is 25.7. The van der Waals surface area contributed by atoms with Crippen molar-refractivity contribution in [3.63, 3.8) is 0 Å². The monoisotopic (exact) mass is 863 g/mol. The number of hydrogen-bond donors (Lipinski definition) is 0. The first-order chi connectivity index (χ1) is 30.5. The molecule has 0 aliphatic heterocycles. The zero-order valence-corrected chi connectivity index (χ0v) is 40.4. The van der Waals surface area contributed by atoms with Gasteiger partial charge in [0.05, 0.1) is 0 Å². The van der Waals surface area contributed by atoms with Crippen LogP contribution in [0.3, 0.4) is 0 Å².